The SMILES string of the molecule is Cc1c(S(=O)(=O)Nc2ccccc2)cc(-c2nc(-c3ccc(F)cc3)cs2)n1C. The number of benzene rings is 2. The monoisotopic (exact) mass is 427 g/mol. The molecule has 0 unspecified atom stereocenters. The molecule has 8 heteroatoms. The van der Waals surface area contributed by atoms with E-state index in [0.717, 1.165) is 11.3 Å². The first kappa shape index (κ1) is 19.4. The molecule has 2 aromatic carbocycles. The molecule has 2 heterocycles. The molecule has 4 rings (SSSR count). The van der Waals surface area contributed by atoms with E-state index >= 15 is 0 Å². The van der Waals surface area contributed by atoms with Crippen molar-refractivity contribution in [1.29, 1.82) is 0 Å². The standard InChI is InChI=1S/C21H18FN3O2S2/c1-14-20(29(26,27)24-17-6-4-3-5-7-17)12-19(25(14)2)21-23-18(13-28-21)15-8-10-16(22)11-9-15/h3-13,24H,1-2H3. The first-order valence-corrected chi connectivity index (χ1v) is 11.2. The van der Waals surface area contributed by atoms with E-state index in [2.05, 4.69) is 9.71 Å². The number of aromatic nitrogens is 2. The van der Waals surface area contributed by atoms with Crippen LogP contribution in [0, 0.1) is 12.7 Å². The lowest BCUT2D eigenvalue weighted by atomic mass is 10.2. The van der Waals surface area contributed by atoms with Crippen LogP contribution in [0.4, 0.5) is 10.1 Å². The summed E-state index contributed by atoms with van der Waals surface area (Å²) < 4.78 is 43.4. The average Bonchev–Trinajstić information content (AvgIpc) is 3.29. The van der Waals surface area contributed by atoms with Crippen molar-refractivity contribution in [1.82, 2.24) is 9.55 Å². The van der Waals surface area contributed by atoms with Crippen molar-refractivity contribution >= 4 is 27.0 Å². The average molecular weight is 428 g/mol. The summed E-state index contributed by atoms with van der Waals surface area (Å²) in [5, 5.41) is 2.57. The Kier molecular flexibility index (Phi) is 4.97. The third kappa shape index (κ3) is 3.81. The molecule has 0 aliphatic carbocycles. The second kappa shape index (κ2) is 7.46. The predicted molar refractivity (Wildman–Crippen MR) is 114 cm³/mol. The van der Waals surface area contributed by atoms with Gasteiger partial charge in [-0.05, 0) is 49.4 Å². The second-order valence-corrected chi connectivity index (χ2v) is 9.06. The molecule has 148 valence electrons. The van der Waals surface area contributed by atoms with Crippen LogP contribution in [0.5, 0.6) is 0 Å². The van der Waals surface area contributed by atoms with Crippen LogP contribution < -0.4 is 4.72 Å². The van der Waals surface area contributed by atoms with Crippen molar-refractivity contribution in [2.24, 2.45) is 7.05 Å². The molecule has 0 saturated heterocycles. The molecule has 0 radical (unpaired) electrons. The van der Waals surface area contributed by atoms with Crippen LogP contribution in [0.25, 0.3) is 22.0 Å². The minimum absolute atomic E-state index is 0.206. The summed E-state index contributed by atoms with van der Waals surface area (Å²) in [4.78, 5) is 4.83. The quantitative estimate of drug-likeness (QED) is 0.484. The van der Waals surface area contributed by atoms with E-state index < -0.39 is 10.0 Å². The highest BCUT2D eigenvalue weighted by atomic mass is 32.2. The summed E-state index contributed by atoms with van der Waals surface area (Å²) in [6, 6.07) is 16.5. The normalized spacial score (nSPS) is 11.6. The first-order chi connectivity index (χ1) is 13.8. The van der Waals surface area contributed by atoms with E-state index in [4.69, 9.17) is 0 Å². The maximum Gasteiger partial charge on any atom is 0.263 e. The number of nitrogens with zero attached hydrogens (tertiary/aromatic N) is 2. The molecule has 0 fully saturated rings. The van der Waals surface area contributed by atoms with Crippen LogP contribution in [0.1, 0.15) is 5.69 Å². The number of nitrogens with one attached hydrogen (secondary N) is 1. The molecule has 0 spiro atoms. The van der Waals surface area contributed by atoms with Gasteiger partial charge in [0.25, 0.3) is 10.0 Å². The van der Waals surface area contributed by atoms with Gasteiger partial charge in [0.1, 0.15) is 15.7 Å². The van der Waals surface area contributed by atoms with Gasteiger partial charge in [0.2, 0.25) is 0 Å². The van der Waals surface area contributed by atoms with Crippen LogP contribution in [0.2, 0.25) is 0 Å². The number of sulfonamides is 1. The highest BCUT2D eigenvalue weighted by molar-refractivity contribution is 7.92. The lowest BCUT2D eigenvalue weighted by Gasteiger charge is -2.07. The van der Waals surface area contributed by atoms with Gasteiger partial charge in [-0.25, -0.2) is 17.8 Å². The van der Waals surface area contributed by atoms with Crippen molar-refractivity contribution in [3.63, 3.8) is 0 Å². The minimum atomic E-state index is -3.74. The van der Waals surface area contributed by atoms with Gasteiger partial charge in [-0.2, -0.15) is 0 Å². The van der Waals surface area contributed by atoms with E-state index in [1.54, 1.807) is 49.4 Å². The van der Waals surface area contributed by atoms with Gasteiger partial charge in [-0.3, -0.25) is 4.72 Å². The van der Waals surface area contributed by atoms with E-state index in [-0.39, 0.29) is 10.7 Å². The molecule has 1 N–H and O–H groups in total. The lowest BCUT2D eigenvalue weighted by molar-refractivity contribution is 0.600. The number of hydrogen-bond acceptors (Lipinski definition) is 4. The number of para-hydroxylation sites is 1. The third-order valence-electron chi connectivity index (χ3n) is 4.67. The molecule has 0 aliphatic heterocycles. The molecule has 0 atom stereocenters. The van der Waals surface area contributed by atoms with Gasteiger partial charge in [0.05, 0.1) is 11.4 Å². The fraction of sp³-hybridized carbons (Fsp3) is 0.0952. The Morgan fingerprint density at radius 1 is 1.07 bits per heavy atom. The third-order valence-corrected chi connectivity index (χ3v) is 7.03. The number of anilines is 1. The maximum absolute atomic E-state index is 13.2. The van der Waals surface area contributed by atoms with Gasteiger partial charge < -0.3 is 4.57 Å². The Hall–Kier alpha value is -2.97. The van der Waals surface area contributed by atoms with Gasteiger partial charge in [-0.1, -0.05) is 18.2 Å². The van der Waals surface area contributed by atoms with Gasteiger partial charge >= 0.3 is 0 Å². The van der Waals surface area contributed by atoms with Crippen molar-refractivity contribution in [3.8, 4) is 22.0 Å². The Bertz CT molecular complexity index is 1260. The van der Waals surface area contributed by atoms with E-state index in [1.165, 1.54) is 23.5 Å². The topological polar surface area (TPSA) is 64.0 Å². The van der Waals surface area contributed by atoms with Crippen molar-refractivity contribution in [2.75, 3.05) is 4.72 Å². The van der Waals surface area contributed by atoms with E-state index in [1.807, 2.05) is 23.1 Å². The fourth-order valence-corrected chi connectivity index (χ4v) is 5.24. The number of halogens is 1. The Balaban J connectivity index is 1.69. The zero-order valence-electron chi connectivity index (χ0n) is 15.8. The zero-order valence-corrected chi connectivity index (χ0v) is 17.4. The largest absolute Gasteiger partial charge is 0.345 e. The van der Waals surface area contributed by atoms with Gasteiger partial charge in [0, 0.05) is 29.4 Å². The highest BCUT2D eigenvalue weighted by Crippen LogP contribution is 2.33. The van der Waals surface area contributed by atoms with Crippen molar-refractivity contribution in [2.45, 2.75) is 11.8 Å². The fourth-order valence-electron chi connectivity index (χ4n) is 3.01. The molecule has 0 aliphatic rings. The van der Waals surface area contributed by atoms with E-state index in [0.29, 0.717) is 22.1 Å². The van der Waals surface area contributed by atoms with Crippen LogP contribution in [-0.2, 0) is 17.1 Å². The Labute approximate surface area is 172 Å². The Morgan fingerprint density at radius 2 is 1.76 bits per heavy atom. The van der Waals surface area contributed by atoms with Gasteiger partial charge in [0.15, 0.2) is 0 Å². The lowest BCUT2D eigenvalue weighted by Crippen LogP contribution is -2.13. The molecule has 4 aromatic rings. The summed E-state index contributed by atoms with van der Waals surface area (Å²) >= 11 is 1.41. The zero-order chi connectivity index (χ0) is 20.6. The van der Waals surface area contributed by atoms with Gasteiger partial charge in [-0.15, -0.1) is 11.3 Å². The Morgan fingerprint density at radius 3 is 2.45 bits per heavy atom. The summed E-state index contributed by atoms with van der Waals surface area (Å²) in [6.45, 7) is 1.76. The highest BCUT2D eigenvalue weighted by Gasteiger charge is 2.23. The van der Waals surface area contributed by atoms with Crippen molar-refractivity contribution in [3.05, 3.63) is 77.6 Å². The molecule has 0 amide bonds. The molecule has 5 nitrogen and oxygen atoms in total. The number of thiazole rings is 1. The molecular formula is C21H18FN3O2S2. The smallest absolute Gasteiger partial charge is 0.263 e. The summed E-state index contributed by atoms with van der Waals surface area (Å²) in [6.07, 6.45) is 0. The molecule has 29 heavy (non-hydrogen) atoms. The minimum Gasteiger partial charge on any atom is -0.345 e. The first-order valence-electron chi connectivity index (χ1n) is 8.81. The molecular weight excluding hydrogens is 409 g/mol. The van der Waals surface area contributed by atoms with Crippen LogP contribution in [0.3, 0.4) is 0 Å². The number of hydrogen-bond donors (Lipinski definition) is 1. The number of rotatable bonds is 5. The maximum atomic E-state index is 13.2. The van der Waals surface area contributed by atoms with Crippen LogP contribution in [-0.4, -0.2) is 18.0 Å². The molecule has 0 saturated carbocycles. The molecule has 2 aromatic heterocycles. The summed E-state index contributed by atoms with van der Waals surface area (Å²) in [5.41, 5.74) is 3.34. The molecule has 0 bridgehead atoms. The van der Waals surface area contributed by atoms with Crippen molar-refractivity contribution < 1.29 is 12.8 Å². The predicted octanol–water partition coefficient (Wildman–Crippen LogP) is 5.06. The second-order valence-electron chi connectivity index (χ2n) is 6.55. The summed E-state index contributed by atoms with van der Waals surface area (Å²) in [5.74, 6) is -0.303. The summed E-state index contributed by atoms with van der Waals surface area (Å²) in [7, 11) is -1.93. The van der Waals surface area contributed by atoms with E-state index in [9.17, 15) is 12.8 Å². The van der Waals surface area contributed by atoms with Crippen LogP contribution in [0.15, 0.2) is 70.9 Å². The van der Waals surface area contributed by atoms with Crippen LogP contribution >= 0.6 is 11.3 Å².